The Balaban J connectivity index is 1.39. The standard InChI is InChI=1S/C26H37IN2O3/c1-21-11-14-29(15-12-21)16-18-32-25-10-9-22(19-26(25)30-3)20-28(2)13-6-17-31-24-8-5-4-7-23(24)27/h4-5,7-10,19,21H,6,11-18,20H2,1-3H3. The van der Waals surface area contributed by atoms with E-state index in [-0.39, 0.29) is 0 Å². The van der Waals surface area contributed by atoms with Gasteiger partial charge >= 0.3 is 0 Å². The lowest BCUT2D eigenvalue weighted by atomic mass is 9.99. The fourth-order valence-electron chi connectivity index (χ4n) is 3.97. The highest BCUT2D eigenvalue weighted by atomic mass is 127. The van der Waals surface area contributed by atoms with Gasteiger partial charge in [-0.2, -0.15) is 0 Å². The van der Waals surface area contributed by atoms with Crippen LogP contribution in [0.3, 0.4) is 0 Å². The van der Waals surface area contributed by atoms with Crippen LogP contribution in [0.2, 0.25) is 0 Å². The van der Waals surface area contributed by atoms with Gasteiger partial charge in [-0.15, -0.1) is 0 Å². The van der Waals surface area contributed by atoms with Crippen molar-refractivity contribution >= 4 is 22.6 Å². The van der Waals surface area contributed by atoms with Crippen molar-refractivity contribution in [3.05, 3.63) is 51.6 Å². The van der Waals surface area contributed by atoms with E-state index in [1.54, 1.807) is 7.11 Å². The van der Waals surface area contributed by atoms with E-state index in [1.807, 2.05) is 24.3 Å². The molecule has 1 aliphatic rings. The molecule has 0 N–H and O–H groups in total. The number of nitrogens with zero attached hydrogens (tertiary/aromatic N) is 2. The third-order valence-corrected chi connectivity index (χ3v) is 6.89. The summed E-state index contributed by atoms with van der Waals surface area (Å²) < 4.78 is 18.7. The van der Waals surface area contributed by atoms with Crippen LogP contribution in [0.4, 0.5) is 0 Å². The average Bonchev–Trinajstić information content (AvgIpc) is 2.80. The minimum Gasteiger partial charge on any atom is -0.493 e. The molecule has 32 heavy (non-hydrogen) atoms. The molecular weight excluding hydrogens is 515 g/mol. The van der Waals surface area contributed by atoms with Gasteiger partial charge < -0.3 is 19.1 Å². The van der Waals surface area contributed by atoms with E-state index in [0.29, 0.717) is 6.61 Å². The second-order valence-electron chi connectivity index (χ2n) is 8.73. The number of benzene rings is 2. The number of likely N-dealkylation sites (tertiary alicyclic amines) is 1. The van der Waals surface area contributed by atoms with Crippen molar-refractivity contribution in [1.29, 1.82) is 0 Å². The molecule has 176 valence electrons. The summed E-state index contributed by atoms with van der Waals surface area (Å²) >= 11 is 2.31. The summed E-state index contributed by atoms with van der Waals surface area (Å²) in [6, 6.07) is 14.4. The minimum absolute atomic E-state index is 0.699. The van der Waals surface area contributed by atoms with Gasteiger partial charge in [0.05, 0.1) is 17.3 Å². The molecule has 1 fully saturated rings. The molecule has 0 atom stereocenters. The summed E-state index contributed by atoms with van der Waals surface area (Å²) in [5.74, 6) is 3.46. The molecule has 0 bridgehead atoms. The molecule has 6 heteroatoms. The summed E-state index contributed by atoms with van der Waals surface area (Å²) in [6.45, 7) is 8.94. The number of rotatable bonds is 12. The first-order chi connectivity index (χ1) is 15.5. The van der Waals surface area contributed by atoms with Crippen molar-refractivity contribution in [3.63, 3.8) is 0 Å². The Morgan fingerprint density at radius 2 is 1.75 bits per heavy atom. The molecule has 2 aromatic rings. The Morgan fingerprint density at radius 1 is 1.00 bits per heavy atom. The lowest BCUT2D eigenvalue weighted by Gasteiger charge is -2.30. The van der Waals surface area contributed by atoms with Gasteiger partial charge in [-0.05, 0) is 97.7 Å². The van der Waals surface area contributed by atoms with Crippen molar-refractivity contribution in [2.45, 2.75) is 32.7 Å². The summed E-state index contributed by atoms with van der Waals surface area (Å²) in [7, 11) is 3.85. The lowest BCUT2D eigenvalue weighted by molar-refractivity contribution is 0.158. The number of piperidine rings is 1. The van der Waals surface area contributed by atoms with Crippen molar-refractivity contribution in [2.24, 2.45) is 5.92 Å². The predicted molar refractivity (Wildman–Crippen MR) is 139 cm³/mol. The fraction of sp³-hybridized carbons (Fsp3) is 0.538. The van der Waals surface area contributed by atoms with Crippen LogP contribution in [-0.4, -0.2) is 63.4 Å². The summed E-state index contributed by atoms with van der Waals surface area (Å²) in [4.78, 5) is 4.81. The highest BCUT2D eigenvalue weighted by Gasteiger charge is 2.15. The van der Waals surface area contributed by atoms with Gasteiger partial charge in [0.1, 0.15) is 12.4 Å². The first kappa shape index (κ1) is 25.1. The van der Waals surface area contributed by atoms with Crippen molar-refractivity contribution in [3.8, 4) is 17.2 Å². The van der Waals surface area contributed by atoms with Crippen molar-refractivity contribution in [2.75, 3.05) is 53.6 Å². The number of para-hydroxylation sites is 1. The zero-order valence-corrected chi connectivity index (χ0v) is 21.8. The smallest absolute Gasteiger partial charge is 0.161 e. The third kappa shape index (κ3) is 8.12. The minimum atomic E-state index is 0.699. The summed E-state index contributed by atoms with van der Waals surface area (Å²) in [5.41, 5.74) is 1.22. The van der Waals surface area contributed by atoms with Crippen LogP contribution in [-0.2, 0) is 6.54 Å². The molecule has 0 amide bonds. The Kier molecular flexibility index (Phi) is 10.4. The Bertz CT molecular complexity index is 824. The van der Waals surface area contributed by atoms with Crippen LogP contribution in [0.15, 0.2) is 42.5 Å². The zero-order chi connectivity index (χ0) is 22.8. The molecule has 0 aromatic heterocycles. The second-order valence-corrected chi connectivity index (χ2v) is 9.89. The average molecular weight is 552 g/mol. The van der Waals surface area contributed by atoms with Gasteiger partial charge in [-0.3, -0.25) is 4.90 Å². The lowest BCUT2D eigenvalue weighted by Crippen LogP contribution is -2.35. The Hall–Kier alpha value is -1.51. The molecule has 0 aliphatic carbocycles. The molecule has 0 radical (unpaired) electrons. The predicted octanol–water partition coefficient (Wildman–Crippen LogP) is 5.31. The maximum atomic E-state index is 6.05. The normalized spacial score (nSPS) is 15.2. The van der Waals surface area contributed by atoms with Crippen LogP contribution >= 0.6 is 22.6 Å². The quantitative estimate of drug-likeness (QED) is 0.264. The number of halogens is 1. The molecule has 3 rings (SSSR count). The third-order valence-electron chi connectivity index (χ3n) is 6.00. The van der Waals surface area contributed by atoms with E-state index >= 15 is 0 Å². The van der Waals surface area contributed by atoms with Crippen LogP contribution in [0.25, 0.3) is 0 Å². The van der Waals surface area contributed by atoms with E-state index in [2.05, 4.69) is 64.6 Å². The zero-order valence-electron chi connectivity index (χ0n) is 19.7. The number of ether oxygens (including phenoxy) is 3. The SMILES string of the molecule is COc1cc(CN(C)CCCOc2ccccc2I)ccc1OCCN1CCC(C)CC1. The van der Waals surface area contributed by atoms with Crippen LogP contribution in [0.5, 0.6) is 17.2 Å². The Morgan fingerprint density at radius 3 is 2.50 bits per heavy atom. The molecule has 1 aliphatic heterocycles. The number of methoxy groups -OCH3 is 1. The molecule has 0 spiro atoms. The van der Waals surface area contributed by atoms with E-state index < -0.39 is 0 Å². The van der Waals surface area contributed by atoms with E-state index in [9.17, 15) is 0 Å². The maximum absolute atomic E-state index is 6.05. The summed E-state index contributed by atoms with van der Waals surface area (Å²) in [5, 5.41) is 0. The second kappa shape index (κ2) is 13.3. The molecule has 2 aromatic carbocycles. The van der Waals surface area contributed by atoms with Crippen LogP contribution in [0, 0.1) is 9.49 Å². The molecule has 0 unspecified atom stereocenters. The van der Waals surface area contributed by atoms with Gasteiger partial charge in [0.15, 0.2) is 11.5 Å². The molecule has 1 saturated heterocycles. The fourth-order valence-corrected chi connectivity index (χ4v) is 4.51. The number of hydrogen-bond acceptors (Lipinski definition) is 5. The van der Waals surface area contributed by atoms with Crippen LogP contribution < -0.4 is 14.2 Å². The van der Waals surface area contributed by atoms with E-state index in [4.69, 9.17) is 14.2 Å². The van der Waals surface area contributed by atoms with Crippen molar-refractivity contribution in [1.82, 2.24) is 9.80 Å². The first-order valence-corrected chi connectivity index (χ1v) is 12.7. The molecule has 5 nitrogen and oxygen atoms in total. The van der Waals surface area contributed by atoms with E-state index in [1.165, 1.54) is 31.5 Å². The number of hydrogen-bond donors (Lipinski definition) is 0. The van der Waals surface area contributed by atoms with Gasteiger partial charge in [-0.1, -0.05) is 25.1 Å². The topological polar surface area (TPSA) is 34.2 Å². The molecule has 1 heterocycles. The first-order valence-electron chi connectivity index (χ1n) is 11.6. The van der Waals surface area contributed by atoms with Gasteiger partial charge in [0, 0.05) is 19.6 Å². The van der Waals surface area contributed by atoms with Gasteiger partial charge in [-0.25, -0.2) is 0 Å². The maximum Gasteiger partial charge on any atom is 0.161 e. The van der Waals surface area contributed by atoms with Crippen molar-refractivity contribution < 1.29 is 14.2 Å². The Labute approximate surface area is 207 Å². The van der Waals surface area contributed by atoms with E-state index in [0.717, 1.165) is 59.4 Å². The highest BCUT2D eigenvalue weighted by molar-refractivity contribution is 14.1. The molecular formula is C26H37IN2O3. The van der Waals surface area contributed by atoms with Gasteiger partial charge in [0.2, 0.25) is 0 Å². The summed E-state index contributed by atoms with van der Waals surface area (Å²) in [6.07, 6.45) is 3.57. The van der Waals surface area contributed by atoms with Crippen LogP contribution in [0.1, 0.15) is 31.7 Å². The molecule has 0 saturated carbocycles. The largest absolute Gasteiger partial charge is 0.493 e. The highest BCUT2D eigenvalue weighted by Crippen LogP contribution is 2.28. The monoisotopic (exact) mass is 552 g/mol. The van der Waals surface area contributed by atoms with Gasteiger partial charge in [0.25, 0.3) is 0 Å².